The van der Waals surface area contributed by atoms with Gasteiger partial charge in [0.05, 0.1) is 26.0 Å². The molecule has 9 heteroatoms. The Morgan fingerprint density at radius 1 is 1.23 bits per heavy atom. The van der Waals surface area contributed by atoms with Gasteiger partial charge in [0.25, 0.3) is 5.91 Å². The van der Waals surface area contributed by atoms with Crippen LogP contribution < -0.4 is 9.47 Å². The summed E-state index contributed by atoms with van der Waals surface area (Å²) in [6, 6.07) is 5.20. The zero-order valence-electron chi connectivity index (χ0n) is 18.1. The fourth-order valence-electron chi connectivity index (χ4n) is 3.65. The van der Waals surface area contributed by atoms with Crippen LogP contribution in [-0.2, 0) is 11.3 Å². The van der Waals surface area contributed by atoms with E-state index >= 15 is 0 Å². The van der Waals surface area contributed by atoms with E-state index in [1.165, 1.54) is 6.20 Å². The quantitative estimate of drug-likeness (QED) is 0.761. The molecule has 3 rings (SSSR count). The Bertz CT molecular complexity index is 913. The van der Waals surface area contributed by atoms with Gasteiger partial charge < -0.3 is 19.3 Å². The van der Waals surface area contributed by atoms with E-state index < -0.39 is 6.04 Å². The summed E-state index contributed by atoms with van der Waals surface area (Å²) >= 11 is 0. The lowest BCUT2D eigenvalue weighted by molar-refractivity contribution is -0.137. The topological polar surface area (TPSA) is 91.0 Å². The Hall–Kier alpha value is -3.07. The van der Waals surface area contributed by atoms with Crippen molar-refractivity contribution in [3.8, 4) is 11.5 Å². The van der Waals surface area contributed by atoms with Crippen molar-refractivity contribution in [1.29, 1.82) is 0 Å². The Morgan fingerprint density at radius 2 is 1.97 bits per heavy atom. The molecule has 1 aromatic heterocycles. The molecule has 2 heterocycles. The van der Waals surface area contributed by atoms with Crippen molar-refractivity contribution in [3.05, 3.63) is 41.2 Å². The van der Waals surface area contributed by atoms with Crippen molar-refractivity contribution in [1.82, 2.24) is 24.9 Å². The summed E-state index contributed by atoms with van der Waals surface area (Å²) in [6.07, 6.45) is 1.54. The minimum Gasteiger partial charge on any atom is -0.493 e. The fraction of sp³-hybridized carbons (Fsp3) is 0.476. The second kappa shape index (κ2) is 9.17. The van der Waals surface area contributed by atoms with Gasteiger partial charge in [0.15, 0.2) is 11.5 Å². The first kappa shape index (κ1) is 21.6. The summed E-state index contributed by atoms with van der Waals surface area (Å²) in [6.45, 7) is 3.79. The van der Waals surface area contributed by atoms with Gasteiger partial charge in [0.1, 0.15) is 6.04 Å². The van der Waals surface area contributed by atoms with Crippen LogP contribution in [0, 0.1) is 6.92 Å². The smallest absolute Gasteiger partial charge is 0.257 e. The summed E-state index contributed by atoms with van der Waals surface area (Å²) in [5.41, 5.74) is 2.21. The number of aromatic amines is 1. The maximum Gasteiger partial charge on any atom is 0.257 e. The lowest BCUT2D eigenvalue weighted by Gasteiger charge is -2.40. The number of hydrogen-bond donors (Lipinski definition) is 1. The number of aryl methyl sites for hydroxylation is 1. The molecular weight excluding hydrogens is 386 g/mol. The monoisotopic (exact) mass is 415 g/mol. The Morgan fingerprint density at radius 3 is 2.60 bits per heavy atom. The van der Waals surface area contributed by atoms with Crippen molar-refractivity contribution < 1.29 is 19.1 Å². The molecule has 1 saturated heterocycles. The molecule has 30 heavy (non-hydrogen) atoms. The molecule has 1 atom stereocenters. The average Bonchev–Trinajstić information content (AvgIpc) is 3.18. The molecule has 1 aromatic carbocycles. The van der Waals surface area contributed by atoms with Gasteiger partial charge in [-0.3, -0.25) is 19.6 Å². The number of nitrogens with zero attached hydrogens (tertiary/aromatic N) is 4. The van der Waals surface area contributed by atoms with Gasteiger partial charge in [-0.1, -0.05) is 6.07 Å². The molecule has 1 N–H and O–H groups in total. The van der Waals surface area contributed by atoms with Crippen LogP contribution in [0.1, 0.15) is 21.6 Å². The molecule has 0 saturated carbocycles. The van der Waals surface area contributed by atoms with E-state index in [9.17, 15) is 9.59 Å². The van der Waals surface area contributed by atoms with Crippen molar-refractivity contribution in [2.24, 2.45) is 0 Å². The van der Waals surface area contributed by atoms with E-state index in [-0.39, 0.29) is 11.8 Å². The maximum absolute atomic E-state index is 13.2. The van der Waals surface area contributed by atoms with Crippen molar-refractivity contribution in [2.75, 3.05) is 47.9 Å². The van der Waals surface area contributed by atoms with E-state index in [1.807, 2.05) is 37.1 Å². The molecule has 2 amide bonds. The minimum absolute atomic E-state index is 0.0336. The first-order valence-electron chi connectivity index (χ1n) is 9.81. The van der Waals surface area contributed by atoms with Gasteiger partial charge >= 0.3 is 0 Å². The van der Waals surface area contributed by atoms with E-state index in [2.05, 4.69) is 10.2 Å². The summed E-state index contributed by atoms with van der Waals surface area (Å²) < 4.78 is 10.6. The highest BCUT2D eigenvalue weighted by Crippen LogP contribution is 2.28. The van der Waals surface area contributed by atoms with Gasteiger partial charge in [-0.25, -0.2) is 0 Å². The van der Waals surface area contributed by atoms with Crippen LogP contribution >= 0.6 is 0 Å². The minimum atomic E-state index is -0.403. The number of rotatable bonds is 6. The molecule has 0 spiro atoms. The van der Waals surface area contributed by atoms with E-state index in [1.54, 1.807) is 31.1 Å². The highest BCUT2D eigenvalue weighted by atomic mass is 16.5. The zero-order chi connectivity index (χ0) is 21.8. The van der Waals surface area contributed by atoms with E-state index in [4.69, 9.17) is 9.47 Å². The van der Waals surface area contributed by atoms with Crippen LogP contribution in [0.5, 0.6) is 11.5 Å². The zero-order valence-corrected chi connectivity index (χ0v) is 18.1. The second-order valence-electron chi connectivity index (χ2n) is 7.54. The van der Waals surface area contributed by atoms with Gasteiger partial charge in [0.2, 0.25) is 5.91 Å². The molecule has 0 unspecified atom stereocenters. The molecule has 2 aromatic rings. The highest BCUT2D eigenvalue weighted by Gasteiger charge is 2.34. The molecular formula is C21H29N5O4. The first-order valence-corrected chi connectivity index (χ1v) is 9.81. The van der Waals surface area contributed by atoms with Crippen LogP contribution in [0.2, 0.25) is 0 Å². The standard InChI is InChI=1S/C21H29N5O4/c1-14-16(11-22-23-14)20(27)26-9-8-24(2)17(13-26)21(28)25(3)12-15-6-7-18(29-4)19(10-15)30-5/h6-7,10-11,17H,8-9,12-13H2,1-5H3,(H,22,23)/t17-/m0/s1. The van der Waals surface area contributed by atoms with E-state index in [0.29, 0.717) is 43.2 Å². The number of aromatic nitrogens is 2. The number of hydrogen-bond acceptors (Lipinski definition) is 6. The lowest BCUT2D eigenvalue weighted by atomic mass is 10.1. The second-order valence-corrected chi connectivity index (χ2v) is 7.54. The van der Waals surface area contributed by atoms with Gasteiger partial charge in [0, 0.05) is 38.9 Å². The fourth-order valence-corrected chi connectivity index (χ4v) is 3.65. The normalized spacial score (nSPS) is 17.0. The number of carbonyl (C=O) groups excluding carboxylic acids is 2. The van der Waals surface area contributed by atoms with Crippen molar-refractivity contribution in [3.63, 3.8) is 0 Å². The lowest BCUT2D eigenvalue weighted by Crippen LogP contribution is -2.58. The van der Waals surface area contributed by atoms with Crippen LogP contribution in [0.3, 0.4) is 0 Å². The van der Waals surface area contributed by atoms with Gasteiger partial charge in [-0.2, -0.15) is 5.10 Å². The number of piperazine rings is 1. The Balaban J connectivity index is 1.69. The summed E-state index contributed by atoms with van der Waals surface area (Å²) in [4.78, 5) is 31.4. The largest absolute Gasteiger partial charge is 0.493 e. The Labute approximate surface area is 176 Å². The third-order valence-corrected chi connectivity index (χ3v) is 5.52. The molecule has 0 aliphatic carbocycles. The highest BCUT2D eigenvalue weighted by molar-refractivity contribution is 5.95. The maximum atomic E-state index is 13.2. The summed E-state index contributed by atoms with van der Waals surface area (Å²) in [5.74, 6) is 1.13. The molecule has 162 valence electrons. The number of methoxy groups -OCH3 is 2. The van der Waals surface area contributed by atoms with Gasteiger partial charge in [-0.15, -0.1) is 0 Å². The van der Waals surface area contributed by atoms with Crippen molar-refractivity contribution >= 4 is 11.8 Å². The Kier molecular flexibility index (Phi) is 6.61. The number of H-pyrrole nitrogens is 1. The molecule has 0 bridgehead atoms. The predicted molar refractivity (Wildman–Crippen MR) is 112 cm³/mol. The summed E-state index contributed by atoms with van der Waals surface area (Å²) in [7, 11) is 6.86. The molecule has 1 fully saturated rings. The third kappa shape index (κ3) is 4.40. The summed E-state index contributed by atoms with van der Waals surface area (Å²) in [5, 5.41) is 6.72. The molecule has 1 aliphatic heterocycles. The van der Waals surface area contributed by atoms with E-state index in [0.717, 1.165) is 11.3 Å². The van der Waals surface area contributed by atoms with Crippen LogP contribution in [0.4, 0.5) is 0 Å². The third-order valence-electron chi connectivity index (χ3n) is 5.52. The van der Waals surface area contributed by atoms with Crippen LogP contribution in [-0.4, -0.2) is 90.7 Å². The first-order chi connectivity index (χ1) is 14.3. The molecule has 9 nitrogen and oxygen atoms in total. The van der Waals surface area contributed by atoms with Crippen LogP contribution in [0.15, 0.2) is 24.4 Å². The number of carbonyl (C=O) groups is 2. The average molecular weight is 415 g/mol. The number of amides is 2. The van der Waals surface area contributed by atoms with Crippen LogP contribution in [0.25, 0.3) is 0 Å². The molecule has 1 aliphatic rings. The van der Waals surface area contributed by atoms with Crippen molar-refractivity contribution in [2.45, 2.75) is 19.5 Å². The number of nitrogens with one attached hydrogen (secondary N) is 1. The predicted octanol–water partition coefficient (Wildman–Crippen LogP) is 1.15. The number of benzene rings is 1. The van der Waals surface area contributed by atoms with Gasteiger partial charge in [-0.05, 0) is 31.7 Å². The SMILES string of the molecule is COc1ccc(CN(C)C(=O)[C@@H]2CN(C(=O)c3cn[nH]c3C)CCN2C)cc1OC. The number of ether oxygens (including phenoxy) is 2. The molecule has 0 radical (unpaired) electrons. The number of likely N-dealkylation sites (N-methyl/N-ethyl adjacent to an activating group) is 2.